The van der Waals surface area contributed by atoms with Gasteiger partial charge in [0.2, 0.25) is 0 Å². The van der Waals surface area contributed by atoms with E-state index in [4.69, 9.17) is 0 Å². The summed E-state index contributed by atoms with van der Waals surface area (Å²) in [4.78, 5) is 5.68. The van der Waals surface area contributed by atoms with Gasteiger partial charge in [-0.2, -0.15) is 0 Å². The van der Waals surface area contributed by atoms with Gasteiger partial charge in [-0.05, 0) is 31.2 Å². The third-order valence-electron chi connectivity index (χ3n) is 2.06. The van der Waals surface area contributed by atoms with Crippen LogP contribution in [0.5, 0.6) is 0 Å². The summed E-state index contributed by atoms with van der Waals surface area (Å²) in [6.45, 7) is 1.91. The van der Waals surface area contributed by atoms with Crippen LogP contribution in [-0.4, -0.2) is 9.19 Å². The van der Waals surface area contributed by atoms with Crippen molar-refractivity contribution in [3.05, 3.63) is 54.4 Å². The first kappa shape index (κ1) is 10.1. The average Bonchev–Trinajstić information content (AvgIpc) is 2.30. The first-order valence-electron chi connectivity index (χ1n) is 4.67. The smallest absolute Gasteiger partial charge is 0.0865 e. The fourth-order valence-corrected chi connectivity index (χ4v) is 2.26. The molecular formula is C12H11NOS. The Balaban J connectivity index is 2.33. The van der Waals surface area contributed by atoms with E-state index in [1.54, 1.807) is 6.20 Å². The SMILES string of the molecule is Cc1ccc(S(=O)c2ccccc2)cn1. The van der Waals surface area contributed by atoms with Gasteiger partial charge in [0.05, 0.1) is 15.7 Å². The maximum atomic E-state index is 12.0. The molecule has 0 saturated heterocycles. The van der Waals surface area contributed by atoms with Crippen molar-refractivity contribution in [3.8, 4) is 0 Å². The number of nitrogens with zero attached hydrogens (tertiary/aromatic N) is 1. The van der Waals surface area contributed by atoms with Crippen LogP contribution in [-0.2, 0) is 10.8 Å². The van der Waals surface area contributed by atoms with E-state index in [2.05, 4.69) is 4.98 Å². The molecule has 2 aromatic rings. The molecule has 0 saturated carbocycles. The van der Waals surface area contributed by atoms with Crippen LogP contribution in [0.2, 0.25) is 0 Å². The molecule has 0 radical (unpaired) electrons. The molecule has 2 rings (SSSR count). The zero-order chi connectivity index (χ0) is 10.7. The molecule has 15 heavy (non-hydrogen) atoms. The first-order chi connectivity index (χ1) is 7.27. The standard InChI is InChI=1S/C12H11NOS/c1-10-7-8-12(9-13-10)15(14)11-5-3-2-4-6-11/h2-9H,1H3. The molecule has 0 spiro atoms. The Kier molecular flexibility index (Phi) is 2.92. The Hall–Kier alpha value is -1.48. The maximum absolute atomic E-state index is 12.0. The third kappa shape index (κ3) is 2.30. The van der Waals surface area contributed by atoms with E-state index in [9.17, 15) is 4.21 Å². The number of pyridine rings is 1. The van der Waals surface area contributed by atoms with Gasteiger partial charge in [-0.15, -0.1) is 0 Å². The van der Waals surface area contributed by atoms with Crippen LogP contribution < -0.4 is 0 Å². The van der Waals surface area contributed by atoms with Gasteiger partial charge in [-0.3, -0.25) is 4.98 Å². The lowest BCUT2D eigenvalue weighted by Crippen LogP contribution is -1.93. The molecule has 76 valence electrons. The summed E-state index contributed by atoms with van der Waals surface area (Å²) in [6, 6.07) is 13.1. The quantitative estimate of drug-likeness (QED) is 0.773. The normalized spacial score (nSPS) is 12.3. The van der Waals surface area contributed by atoms with Gasteiger partial charge >= 0.3 is 0 Å². The molecule has 1 aromatic carbocycles. The maximum Gasteiger partial charge on any atom is 0.0865 e. The summed E-state index contributed by atoms with van der Waals surface area (Å²) in [5.41, 5.74) is 0.934. The fraction of sp³-hybridized carbons (Fsp3) is 0.0833. The van der Waals surface area contributed by atoms with Crippen molar-refractivity contribution in [2.24, 2.45) is 0 Å². The minimum absolute atomic E-state index is 0.742. The Morgan fingerprint density at radius 3 is 2.33 bits per heavy atom. The molecule has 1 unspecified atom stereocenters. The lowest BCUT2D eigenvalue weighted by Gasteiger charge is -2.01. The molecule has 0 bridgehead atoms. The lowest BCUT2D eigenvalue weighted by atomic mass is 10.4. The molecule has 3 heteroatoms. The number of hydrogen-bond donors (Lipinski definition) is 0. The van der Waals surface area contributed by atoms with Gasteiger partial charge in [0.1, 0.15) is 0 Å². The number of rotatable bonds is 2. The van der Waals surface area contributed by atoms with Crippen LogP contribution >= 0.6 is 0 Å². The Morgan fingerprint density at radius 1 is 1.00 bits per heavy atom. The second-order valence-corrected chi connectivity index (χ2v) is 4.70. The first-order valence-corrected chi connectivity index (χ1v) is 5.82. The van der Waals surface area contributed by atoms with Crippen molar-refractivity contribution >= 4 is 10.8 Å². The molecule has 0 amide bonds. The molecule has 1 heterocycles. The number of aryl methyl sites for hydroxylation is 1. The summed E-state index contributed by atoms with van der Waals surface area (Å²) in [6.07, 6.45) is 1.67. The van der Waals surface area contributed by atoms with E-state index >= 15 is 0 Å². The summed E-state index contributed by atoms with van der Waals surface area (Å²) in [5.74, 6) is 0. The second-order valence-electron chi connectivity index (χ2n) is 3.22. The molecule has 0 aliphatic rings. The number of benzene rings is 1. The van der Waals surface area contributed by atoms with Gasteiger partial charge < -0.3 is 0 Å². The van der Waals surface area contributed by atoms with Gasteiger partial charge in [0, 0.05) is 16.8 Å². The molecule has 0 aliphatic heterocycles. The molecule has 2 nitrogen and oxygen atoms in total. The van der Waals surface area contributed by atoms with E-state index in [-0.39, 0.29) is 0 Å². The van der Waals surface area contributed by atoms with E-state index in [1.807, 2.05) is 49.4 Å². The van der Waals surface area contributed by atoms with Crippen molar-refractivity contribution < 1.29 is 4.21 Å². The Labute approximate surface area is 91.4 Å². The largest absolute Gasteiger partial charge is 0.260 e. The van der Waals surface area contributed by atoms with Gasteiger partial charge in [-0.25, -0.2) is 4.21 Å². The number of aromatic nitrogens is 1. The second kappa shape index (κ2) is 4.36. The van der Waals surface area contributed by atoms with Crippen molar-refractivity contribution in [1.82, 2.24) is 4.98 Å². The van der Waals surface area contributed by atoms with E-state index in [0.29, 0.717) is 0 Å². The van der Waals surface area contributed by atoms with Crippen molar-refractivity contribution in [2.75, 3.05) is 0 Å². The van der Waals surface area contributed by atoms with Crippen LogP contribution in [0.3, 0.4) is 0 Å². The van der Waals surface area contributed by atoms with Crippen molar-refractivity contribution in [3.63, 3.8) is 0 Å². The third-order valence-corrected chi connectivity index (χ3v) is 3.43. The topological polar surface area (TPSA) is 30.0 Å². The highest BCUT2D eigenvalue weighted by Crippen LogP contribution is 2.14. The molecule has 1 aromatic heterocycles. The van der Waals surface area contributed by atoms with Gasteiger partial charge in [0.15, 0.2) is 0 Å². The zero-order valence-corrected chi connectivity index (χ0v) is 9.20. The highest BCUT2D eigenvalue weighted by Gasteiger charge is 2.05. The molecule has 0 fully saturated rings. The van der Waals surface area contributed by atoms with Crippen LogP contribution in [0.4, 0.5) is 0 Å². The summed E-state index contributed by atoms with van der Waals surface area (Å²) in [5, 5.41) is 0. The van der Waals surface area contributed by atoms with Crippen LogP contribution in [0.25, 0.3) is 0 Å². The molecule has 1 atom stereocenters. The van der Waals surface area contributed by atoms with Crippen molar-refractivity contribution in [1.29, 1.82) is 0 Å². The predicted molar refractivity (Wildman–Crippen MR) is 60.1 cm³/mol. The minimum atomic E-state index is -1.12. The average molecular weight is 217 g/mol. The summed E-state index contributed by atoms with van der Waals surface area (Å²) < 4.78 is 12.0. The lowest BCUT2D eigenvalue weighted by molar-refractivity contribution is 0.682. The fourth-order valence-electron chi connectivity index (χ4n) is 1.24. The molecule has 0 aliphatic carbocycles. The summed E-state index contributed by atoms with van der Waals surface area (Å²) >= 11 is 0. The van der Waals surface area contributed by atoms with E-state index < -0.39 is 10.8 Å². The van der Waals surface area contributed by atoms with Gasteiger partial charge in [-0.1, -0.05) is 18.2 Å². The minimum Gasteiger partial charge on any atom is -0.260 e. The monoisotopic (exact) mass is 217 g/mol. The molecular weight excluding hydrogens is 206 g/mol. The zero-order valence-electron chi connectivity index (χ0n) is 8.38. The van der Waals surface area contributed by atoms with Crippen LogP contribution in [0.15, 0.2) is 58.5 Å². The van der Waals surface area contributed by atoms with Crippen LogP contribution in [0, 0.1) is 6.92 Å². The van der Waals surface area contributed by atoms with E-state index in [0.717, 1.165) is 15.5 Å². The Morgan fingerprint density at radius 2 is 1.73 bits per heavy atom. The highest BCUT2D eigenvalue weighted by molar-refractivity contribution is 7.85. The Bertz CT molecular complexity index is 465. The molecule has 0 N–H and O–H groups in total. The predicted octanol–water partition coefficient (Wildman–Crippen LogP) is 2.56. The number of hydrogen-bond acceptors (Lipinski definition) is 2. The van der Waals surface area contributed by atoms with Crippen LogP contribution in [0.1, 0.15) is 5.69 Å². The summed E-state index contributed by atoms with van der Waals surface area (Å²) in [7, 11) is -1.12. The van der Waals surface area contributed by atoms with Gasteiger partial charge in [0.25, 0.3) is 0 Å². The van der Waals surface area contributed by atoms with Crippen molar-refractivity contribution in [2.45, 2.75) is 16.7 Å². The van der Waals surface area contributed by atoms with E-state index in [1.165, 1.54) is 0 Å². The highest BCUT2D eigenvalue weighted by atomic mass is 32.2.